The van der Waals surface area contributed by atoms with Crippen LogP contribution in [0.3, 0.4) is 0 Å². The number of methoxy groups -OCH3 is 1. The Hall–Kier alpha value is -4.25. The molecule has 3 rings (SSSR count). The van der Waals surface area contributed by atoms with Crippen LogP contribution in [0.15, 0.2) is 58.0 Å². The third-order valence-electron chi connectivity index (χ3n) is 4.05. The number of non-ortho nitro benzene ring substituents is 1. The molecular formula is C19H13ClN4O7. The maximum atomic E-state index is 12.3. The van der Waals surface area contributed by atoms with Gasteiger partial charge in [0, 0.05) is 23.2 Å². The lowest BCUT2D eigenvalue weighted by Gasteiger charge is -2.06. The number of rotatable bonds is 7. The number of furan rings is 1. The van der Waals surface area contributed by atoms with Crippen molar-refractivity contribution in [2.24, 2.45) is 5.10 Å². The minimum atomic E-state index is -0.739. The molecule has 0 atom stereocenters. The second-order valence-corrected chi connectivity index (χ2v) is 6.40. The van der Waals surface area contributed by atoms with Gasteiger partial charge in [0.05, 0.1) is 34.3 Å². The number of hydrazone groups is 1. The van der Waals surface area contributed by atoms with Crippen molar-refractivity contribution >= 4 is 35.1 Å². The Kier molecular flexibility index (Phi) is 6.26. The summed E-state index contributed by atoms with van der Waals surface area (Å²) in [6, 6.07) is 10.7. The lowest BCUT2D eigenvalue weighted by molar-refractivity contribution is -0.384. The smallest absolute Gasteiger partial charge is 0.281 e. The third kappa shape index (κ3) is 4.85. The van der Waals surface area contributed by atoms with Crippen LogP contribution in [0.5, 0.6) is 5.75 Å². The molecule has 12 heteroatoms. The molecule has 0 radical (unpaired) electrons. The van der Waals surface area contributed by atoms with Crippen LogP contribution in [0.2, 0.25) is 5.02 Å². The summed E-state index contributed by atoms with van der Waals surface area (Å²) in [5.74, 6) is -0.201. The number of halogens is 1. The molecule has 0 unspecified atom stereocenters. The maximum absolute atomic E-state index is 12.3. The van der Waals surface area contributed by atoms with E-state index in [2.05, 4.69) is 10.5 Å². The zero-order chi connectivity index (χ0) is 22.5. The van der Waals surface area contributed by atoms with Crippen molar-refractivity contribution in [2.75, 3.05) is 7.11 Å². The minimum Gasteiger partial charge on any atom is -0.496 e. The maximum Gasteiger partial charge on any atom is 0.281 e. The SMILES string of the molecule is COc1ccc([N+](=O)[O-])cc1C(=O)N/N=C\c1ccc(-c2ccc(Cl)cc2[N+](=O)[O-])o1. The van der Waals surface area contributed by atoms with E-state index in [0.29, 0.717) is 0 Å². The van der Waals surface area contributed by atoms with Gasteiger partial charge in [-0.25, -0.2) is 5.43 Å². The number of ether oxygens (including phenoxy) is 1. The van der Waals surface area contributed by atoms with Crippen LogP contribution in [0.4, 0.5) is 11.4 Å². The van der Waals surface area contributed by atoms with Gasteiger partial charge in [-0.2, -0.15) is 5.10 Å². The number of nitrogens with one attached hydrogen (secondary N) is 1. The topological polar surface area (TPSA) is 150 Å². The normalized spacial score (nSPS) is 10.8. The highest BCUT2D eigenvalue weighted by Crippen LogP contribution is 2.33. The van der Waals surface area contributed by atoms with Gasteiger partial charge in [-0.15, -0.1) is 0 Å². The van der Waals surface area contributed by atoms with Crippen molar-refractivity contribution in [3.63, 3.8) is 0 Å². The monoisotopic (exact) mass is 444 g/mol. The van der Waals surface area contributed by atoms with Gasteiger partial charge in [-0.3, -0.25) is 25.0 Å². The van der Waals surface area contributed by atoms with Gasteiger partial charge in [0.15, 0.2) is 0 Å². The summed E-state index contributed by atoms with van der Waals surface area (Å²) in [4.78, 5) is 33.3. The first-order valence-corrected chi connectivity index (χ1v) is 8.88. The van der Waals surface area contributed by atoms with Crippen LogP contribution in [-0.4, -0.2) is 29.1 Å². The summed E-state index contributed by atoms with van der Waals surface area (Å²) in [5, 5.41) is 26.1. The summed E-state index contributed by atoms with van der Waals surface area (Å²) >= 11 is 5.81. The predicted octanol–water partition coefficient (Wildman–Crippen LogP) is 4.19. The molecule has 0 bridgehead atoms. The largest absolute Gasteiger partial charge is 0.496 e. The molecule has 158 valence electrons. The van der Waals surface area contributed by atoms with Gasteiger partial charge in [0.25, 0.3) is 17.3 Å². The Morgan fingerprint density at radius 3 is 2.58 bits per heavy atom. The molecule has 1 aromatic heterocycles. The van der Waals surface area contributed by atoms with Crippen LogP contribution in [0, 0.1) is 20.2 Å². The Bertz CT molecular complexity index is 1210. The van der Waals surface area contributed by atoms with Crippen LogP contribution in [0.25, 0.3) is 11.3 Å². The molecule has 1 N–H and O–H groups in total. The van der Waals surface area contributed by atoms with E-state index < -0.39 is 15.8 Å². The average molecular weight is 445 g/mol. The zero-order valence-electron chi connectivity index (χ0n) is 15.8. The van der Waals surface area contributed by atoms with Crippen molar-refractivity contribution in [2.45, 2.75) is 0 Å². The quantitative estimate of drug-likeness (QED) is 0.326. The summed E-state index contributed by atoms with van der Waals surface area (Å²) < 4.78 is 10.6. The highest BCUT2D eigenvalue weighted by Gasteiger charge is 2.19. The Balaban J connectivity index is 1.77. The molecule has 3 aromatic rings. The highest BCUT2D eigenvalue weighted by molar-refractivity contribution is 6.30. The lowest BCUT2D eigenvalue weighted by Crippen LogP contribution is -2.18. The molecule has 0 fully saturated rings. The number of carbonyl (C=O) groups is 1. The molecular weight excluding hydrogens is 432 g/mol. The molecule has 11 nitrogen and oxygen atoms in total. The van der Waals surface area contributed by atoms with E-state index in [-0.39, 0.29) is 44.8 Å². The van der Waals surface area contributed by atoms with Crippen LogP contribution >= 0.6 is 11.6 Å². The fourth-order valence-electron chi connectivity index (χ4n) is 2.63. The van der Waals surface area contributed by atoms with Gasteiger partial charge in [0.1, 0.15) is 17.3 Å². The number of nitro benzene ring substituents is 2. The average Bonchev–Trinajstić information content (AvgIpc) is 3.21. The fourth-order valence-corrected chi connectivity index (χ4v) is 2.80. The molecule has 1 heterocycles. The number of amides is 1. The zero-order valence-corrected chi connectivity index (χ0v) is 16.5. The molecule has 0 aliphatic heterocycles. The third-order valence-corrected chi connectivity index (χ3v) is 4.28. The molecule has 0 aliphatic rings. The van der Waals surface area contributed by atoms with E-state index in [9.17, 15) is 25.0 Å². The number of hydrogen-bond donors (Lipinski definition) is 1. The first kappa shape index (κ1) is 21.5. The fraction of sp³-hybridized carbons (Fsp3) is 0.0526. The van der Waals surface area contributed by atoms with Crippen molar-refractivity contribution in [3.8, 4) is 17.1 Å². The number of hydrogen-bond acceptors (Lipinski definition) is 8. The summed E-state index contributed by atoms with van der Waals surface area (Å²) in [6.07, 6.45) is 1.17. The van der Waals surface area contributed by atoms with Gasteiger partial charge in [0.2, 0.25) is 0 Å². The molecule has 0 spiro atoms. The highest BCUT2D eigenvalue weighted by atomic mass is 35.5. The van der Waals surface area contributed by atoms with E-state index in [1.165, 1.54) is 55.8 Å². The first-order chi connectivity index (χ1) is 14.8. The van der Waals surface area contributed by atoms with Crippen LogP contribution in [0.1, 0.15) is 16.1 Å². The van der Waals surface area contributed by atoms with Gasteiger partial charge in [-0.05, 0) is 30.3 Å². The predicted molar refractivity (Wildman–Crippen MR) is 111 cm³/mol. The molecule has 31 heavy (non-hydrogen) atoms. The second kappa shape index (κ2) is 9.05. The van der Waals surface area contributed by atoms with Crippen LogP contribution in [-0.2, 0) is 0 Å². The van der Waals surface area contributed by atoms with E-state index in [4.69, 9.17) is 20.8 Å². The second-order valence-electron chi connectivity index (χ2n) is 5.96. The summed E-state index contributed by atoms with van der Waals surface area (Å²) in [6.45, 7) is 0. The summed E-state index contributed by atoms with van der Waals surface area (Å²) in [7, 11) is 1.32. The van der Waals surface area contributed by atoms with Crippen LogP contribution < -0.4 is 10.2 Å². The van der Waals surface area contributed by atoms with Crippen molar-refractivity contribution in [1.29, 1.82) is 0 Å². The van der Waals surface area contributed by atoms with E-state index in [0.717, 1.165) is 6.07 Å². The number of nitrogens with zero attached hydrogens (tertiary/aromatic N) is 3. The van der Waals surface area contributed by atoms with Crippen molar-refractivity contribution in [1.82, 2.24) is 5.43 Å². The van der Waals surface area contributed by atoms with E-state index in [1.807, 2.05) is 0 Å². The standard InChI is InChI=1S/C19H13ClN4O7/c1-30-17-6-3-12(23(26)27)9-15(17)19(25)22-21-10-13-4-7-18(31-13)14-5-2-11(20)8-16(14)24(28)29/h2-10H,1H3,(H,22,25)/b21-10-. The van der Waals surface area contributed by atoms with Gasteiger partial charge >= 0.3 is 0 Å². The van der Waals surface area contributed by atoms with Crippen molar-refractivity contribution in [3.05, 3.63) is 85.1 Å². The Morgan fingerprint density at radius 1 is 1.13 bits per heavy atom. The number of nitro groups is 2. The molecule has 1 amide bonds. The molecule has 0 aliphatic carbocycles. The Labute approximate surface area is 179 Å². The molecule has 0 saturated carbocycles. The van der Waals surface area contributed by atoms with E-state index in [1.54, 1.807) is 0 Å². The number of carbonyl (C=O) groups excluding carboxylic acids is 1. The Morgan fingerprint density at radius 2 is 1.90 bits per heavy atom. The summed E-state index contributed by atoms with van der Waals surface area (Å²) in [5.41, 5.74) is 1.85. The van der Waals surface area contributed by atoms with Gasteiger partial charge in [-0.1, -0.05) is 11.6 Å². The lowest BCUT2D eigenvalue weighted by atomic mass is 10.1. The first-order valence-electron chi connectivity index (χ1n) is 8.50. The van der Waals surface area contributed by atoms with Crippen molar-refractivity contribution < 1.29 is 23.8 Å². The van der Waals surface area contributed by atoms with Gasteiger partial charge < -0.3 is 9.15 Å². The van der Waals surface area contributed by atoms with E-state index >= 15 is 0 Å². The molecule has 2 aromatic carbocycles. The minimum absolute atomic E-state index is 0.0780. The number of benzene rings is 2. The molecule has 0 saturated heterocycles.